The summed E-state index contributed by atoms with van der Waals surface area (Å²) in [5.74, 6) is 1.46. The molecule has 1 aliphatic carbocycles. The molecule has 30 heavy (non-hydrogen) atoms. The number of ether oxygens (including phenoxy) is 1. The average molecular weight is 412 g/mol. The first-order chi connectivity index (χ1) is 14.5. The summed E-state index contributed by atoms with van der Waals surface area (Å²) in [4.78, 5) is 37.5. The van der Waals surface area contributed by atoms with Crippen molar-refractivity contribution in [2.75, 3.05) is 32.8 Å². The Labute approximate surface area is 176 Å². The van der Waals surface area contributed by atoms with E-state index in [2.05, 4.69) is 18.2 Å². The minimum atomic E-state index is -0.840. The van der Waals surface area contributed by atoms with Gasteiger partial charge in [0, 0.05) is 19.0 Å². The number of carbonyl (C=O) groups excluding carboxylic acids is 2. The molecule has 3 aliphatic rings. The van der Waals surface area contributed by atoms with Crippen LogP contribution in [0.4, 0.5) is 4.79 Å². The van der Waals surface area contributed by atoms with E-state index in [1.807, 2.05) is 12.1 Å². The molecule has 1 atom stereocenters. The first kappa shape index (κ1) is 20.4. The summed E-state index contributed by atoms with van der Waals surface area (Å²) in [6.07, 6.45) is 5.40. The Morgan fingerprint density at radius 1 is 1.03 bits per heavy atom. The van der Waals surface area contributed by atoms with Crippen molar-refractivity contribution in [1.82, 2.24) is 9.80 Å². The van der Waals surface area contributed by atoms with Crippen LogP contribution in [0.2, 0.25) is 0 Å². The van der Waals surface area contributed by atoms with Crippen LogP contribution in [0.15, 0.2) is 30.3 Å². The number of piperidine rings is 1. The smallest absolute Gasteiger partial charge is 0.407 e. The second kappa shape index (κ2) is 8.90. The van der Waals surface area contributed by atoms with Gasteiger partial charge in [-0.1, -0.05) is 18.2 Å². The summed E-state index contributed by atoms with van der Waals surface area (Å²) in [5, 5.41) is 9.01. The fourth-order valence-corrected chi connectivity index (χ4v) is 4.38. The predicted octanol–water partition coefficient (Wildman–Crippen LogP) is 3.05. The molecule has 2 aliphatic heterocycles. The van der Waals surface area contributed by atoms with Crippen LogP contribution in [-0.2, 0) is 9.59 Å². The summed E-state index contributed by atoms with van der Waals surface area (Å²) >= 11 is 0. The lowest BCUT2D eigenvalue weighted by Crippen LogP contribution is -2.52. The number of carbonyl (C=O) groups is 3. The van der Waals surface area contributed by atoms with Gasteiger partial charge >= 0.3 is 6.09 Å². The Hall–Kier alpha value is -2.83. The van der Waals surface area contributed by atoms with Gasteiger partial charge in [0.15, 0.2) is 5.78 Å². The molecule has 1 unspecified atom stereocenters. The minimum Gasteiger partial charge on any atom is -0.493 e. The van der Waals surface area contributed by atoms with Crippen molar-refractivity contribution < 1.29 is 24.2 Å². The SMILES string of the molecule is O=C1CN(C(=O)C2CC=C(c3ccc(OCC4CCN(C(=O)O)CC4)cc3)CC2)C1. The summed E-state index contributed by atoms with van der Waals surface area (Å²) in [6, 6.07) is 8.08. The molecule has 0 radical (unpaired) electrons. The quantitative estimate of drug-likeness (QED) is 0.803. The van der Waals surface area contributed by atoms with Crippen LogP contribution in [0.3, 0.4) is 0 Å². The lowest BCUT2D eigenvalue weighted by atomic mass is 9.85. The Morgan fingerprint density at radius 2 is 1.73 bits per heavy atom. The Morgan fingerprint density at radius 3 is 2.30 bits per heavy atom. The van der Waals surface area contributed by atoms with Gasteiger partial charge < -0.3 is 19.6 Å². The molecular formula is C23H28N2O5. The van der Waals surface area contributed by atoms with Crippen LogP contribution in [0.5, 0.6) is 5.75 Å². The van der Waals surface area contributed by atoms with Crippen molar-refractivity contribution in [2.24, 2.45) is 11.8 Å². The molecule has 0 spiro atoms. The molecule has 0 aromatic heterocycles. The molecule has 2 amide bonds. The van der Waals surface area contributed by atoms with E-state index in [-0.39, 0.29) is 30.7 Å². The van der Waals surface area contributed by atoms with E-state index in [0.717, 1.165) is 43.4 Å². The van der Waals surface area contributed by atoms with Crippen molar-refractivity contribution in [1.29, 1.82) is 0 Å². The van der Waals surface area contributed by atoms with E-state index < -0.39 is 6.09 Å². The van der Waals surface area contributed by atoms with Gasteiger partial charge in [-0.2, -0.15) is 0 Å². The first-order valence-corrected chi connectivity index (χ1v) is 10.7. The largest absolute Gasteiger partial charge is 0.493 e. The van der Waals surface area contributed by atoms with Crippen LogP contribution in [-0.4, -0.2) is 65.5 Å². The van der Waals surface area contributed by atoms with Gasteiger partial charge in [0.05, 0.1) is 19.7 Å². The number of nitrogens with zero attached hydrogens (tertiary/aromatic N) is 2. The van der Waals surface area contributed by atoms with Crippen molar-refractivity contribution in [2.45, 2.75) is 32.1 Å². The van der Waals surface area contributed by atoms with Crippen LogP contribution in [0.25, 0.3) is 5.57 Å². The number of rotatable bonds is 5. The van der Waals surface area contributed by atoms with E-state index in [0.29, 0.717) is 25.6 Å². The van der Waals surface area contributed by atoms with Crippen molar-refractivity contribution >= 4 is 23.4 Å². The number of likely N-dealkylation sites (tertiary alicyclic amines) is 2. The number of Topliss-reactive ketones (excluding diaryl/α,β-unsaturated/α-hetero) is 1. The second-order valence-electron chi connectivity index (χ2n) is 8.48. The number of amides is 2. The predicted molar refractivity (Wildman–Crippen MR) is 111 cm³/mol. The minimum absolute atomic E-state index is 0.00278. The molecular weight excluding hydrogens is 384 g/mol. The van der Waals surface area contributed by atoms with Gasteiger partial charge in [-0.25, -0.2) is 4.79 Å². The fourth-order valence-electron chi connectivity index (χ4n) is 4.38. The van der Waals surface area contributed by atoms with Crippen molar-refractivity contribution in [3.63, 3.8) is 0 Å². The van der Waals surface area contributed by atoms with Crippen LogP contribution >= 0.6 is 0 Å². The summed E-state index contributed by atoms with van der Waals surface area (Å²) in [7, 11) is 0. The van der Waals surface area contributed by atoms with Crippen LogP contribution < -0.4 is 4.74 Å². The van der Waals surface area contributed by atoms with Crippen molar-refractivity contribution in [3.05, 3.63) is 35.9 Å². The molecule has 2 heterocycles. The summed E-state index contributed by atoms with van der Waals surface area (Å²) in [6.45, 7) is 2.33. The molecule has 160 valence electrons. The number of ketones is 1. The van der Waals surface area contributed by atoms with E-state index >= 15 is 0 Å². The zero-order valence-electron chi connectivity index (χ0n) is 17.1. The molecule has 0 bridgehead atoms. The maximum atomic E-state index is 12.4. The Bertz CT molecular complexity index is 832. The highest BCUT2D eigenvalue weighted by Crippen LogP contribution is 2.32. The molecule has 4 rings (SSSR count). The maximum Gasteiger partial charge on any atom is 0.407 e. The number of allylic oxidation sites excluding steroid dienone is 2. The Balaban J connectivity index is 1.24. The van der Waals surface area contributed by atoms with Gasteiger partial charge in [-0.15, -0.1) is 0 Å². The zero-order chi connectivity index (χ0) is 21.1. The van der Waals surface area contributed by atoms with Gasteiger partial charge in [-0.05, 0) is 61.3 Å². The fraction of sp³-hybridized carbons (Fsp3) is 0.522. The lowest BCUT2D eigenvalue weighted by molar-refractivity contribution is -0.148. The molecule has 1 N–H and O–H groups in total. The molecule has 1 aromatic carbocycles. The third-order valence-corrected chi connectivity index (χ3v) is 6.40. The topological polar surface area (TPSA) is 87.2 Å². The van der Waals surface area contributed by atoms with E-state index in [4.69, 9.17) is 9.84 Å². The average Bonchev–Trinajstić information content (AvgIpc) is 2.76. The van der Waals surface area contributed by atoms with E-state index in [1.165, 1.54) is 10.5 Å². The summed E-state index contributed by atoms with van der Waals surface area (Å²) < 4.78 is 5.92. The van der Waals surface area contributed by atoms with Gasteiger partial charge in [0.2, 0.25) is 5.91 Å². The standard InChI is InChI=1S/C23H28N2O5/c26-20-13-25(14-20)22(27)19-3-1-17(2-4-19)18-5-7-21(8-6-18)30-15-16-9-11-24(12-10-16)23(28)29/h1,5-8,16,19H,2-4,9-15H2,(H,28,29). The zero-order valence-corrected chi connectivity index (χ0v) is 17.1. The maximum absolute atomic E-state index is 12.4. The molecule has 7 heteroatoms. The molecule has 2 saturated heterocycles. The van der Waals surface area contributed by atoms with Gasteiger partial charge in [-0.3, -0.25) is 9.59 Å². The monoisotopic (exact) mass is 412 g/mol. The number of benzene rings is 1. The number of hydrogen-bond donors (Lipinski definition) is 1. The van der Waals surface area contributed by atoms with Crippen LogP contribution in [0, 0.1) is 11.8 Å². The van der Waals surface area contributed by atoms with Crippen LogP contribution in [0.1, 0.15) is 37.7 Å². The first-order valence-electron chi connectivity index (χ1n) is 10.7. The van der Waals surface area contributed by atoms with Gasteiger partial charge in [0.25, 0.3) is 0 Å². The van der Waals surface area contributed by atoms with Gasteiger partial charge in [0.1, 0.15) is 5.75 Å². The highest BCUT2D eigenvalue weighted by molar-refractivity contribution is 5.97. The second-order valence-corrected chi connectivity index (χ2v) is 8.48. The third-order valence-electron chi connectivity index (χ3n) is 6.40. The lowest BCUT2D eigenvalue weighted by Gasteiger charge is -2.33. The molecule has 1 aromatic rings. The normalized spacial score (nSPS) is 22.3. The third kappa shape index (κ3) is 4.66. The molecule has 2 fully saturated rings. The van der Waals surface area contributed by atoms with Crippen molar-refractivity contribution in [3.8, 4) is 5.75 Å². The number of hydrogen-bond acceptors (Lipinski definition) is 4. The van der Waals surface area contributed by atoms with E-state index in [9.17, 15) is 14.4 Å². The Kier molecular flexibility index (Phi) is 6.06. The molecule has 0 saturated carbocycles. The molecule has 7 nitrogen and oxygen atoms in total. The summed E-state index contributed by atoms with van der Waals surface area (Å²) in [5.41, 5.74) is 2.41. The highest BCUT2D eigenvalue weighted by Gasteiger charge is 2.33. The van der Waals surface area contributed by atoms with E-state index in [1.54, 1.807) is 4.90 Å². The number of carboxylic acid groups (broad SMARTS) is 1. The highest BCUT2D eigenvalue weighted by atomic mass is 16.5.